The van der Waals surface area contributed by atoms with Crippen LogP contribution in [-0.4, -0.2) is 16.0 Å². The number of aliphatic hydroxyl groups excluding tert-OH is 1. The molecular weight excluding hydrogens is 259 g/mol. The number of halogens is 1. The molecule has 2 N–H and O–H groups in total. The van der Waals surface area contributed by atoms with Crippen molar-refractivity contribution in [3.05, 3.63) is 59.7 Å². The number of benzene rings is 1. The molecule has 0 radical (unpaired) electrons. The zero-order valence-electron chi connectivity index (χ0n) is 11.0. The van der Waals surface area contributed by atoms with E-state index in [1.165, 1.54) is 18.5 Å². The third kappa shape index (κ3) is 3.00. The van der Waals surface area contributed by atoms with Gasteiger partial charge in [0.05, 0.1) is 24.4 Å². The average molecular weight is 274 g/mol. The molecule has 0 spiro atoms. The average Bonchev–Trinajstić information content (AvgIpc) is 2.47. The van der Waals surface area contributed by atoms with Crippen molar-refractivity contribution in [2.75, 3.05) is 5.32 Å². The van der Waals surface area contributed by atoms with Crippen LogP contribution in [0.4, 0.5) is 10.1 Å². The third-order valence-electron chi connectivity index (χ3n) is 3.10. The molecule has 1 aromatic carbocycles. The number of aliphatic hydroxyl groups is 1. The van der Waals surface area contributed by atoms with E-state index in [1.54, 1.807) is 31.2 Å². The Morgan fingerprint density at radius 3 is 2.85 bits per heavy atom. The van der Waals surface area contributed by atoms with Gasteiger partial charge in [-0.25, -0.2) is 4.39 Å². The van der Waals surface area contributed by atoms with Crippen molar-refractivity contribution in [3.63, 3.8) is 0 Å². The molecule has 0 aliphatic carbocycles. The summed E-state index contributed by atoms with van der Waals surface area (Å²) in [5, 5.41) is 11.9. The van der Waals surface area contributed by atoms with Crippen molar-refractivity contribution in [2.24, 2.45) is 0 Å². The minimum absolute atomic E-state index is 0.202. The minimum Gasteiger partial charge on any atom is -0.392 e. The normalized spacial score (nSPS) is 11.9. The predicted octanol–water partition coefficient (Wildman–Crippen LogP) is 2.46. The molecule has 2 rings (SSSR count). The van der Waals surface area contributed by atoms with E-state index in [9.17, 15) is 14.3 Å². The van der Waals surface area contributed by atoms with E-state index in [0.717, 1.165) is 0 Å². The van der Waals surface area contributed by atoms with Gasteiger partial charge in [0.25, 0.3) is 0 Å². The Hall–Kier alpha value is -2.27. The van der Waals surface area contributed by atoms with Crippen molar-refractivity contribution >= 4 is 11.6 Å². The first-order valence-corrected chi connectivity index (χ1v) is 6.22. The molecule has 1 amide bonds. The van der Waals surface area contributed by atoms with Gasteiger partial charge >= 0.3 is 0 Å². The second-order valence-corrected chi connectivity index (χ2v) is 4.42. The molecule has 0 saturated heterocycles. The fourth-order valence-corrected chi connectivity index (χ4v) is 1.88. The first kappa shape index (κ1) is 14.1. The van der Waals surface area contributed by atoms with E-state index >= 15 is 0 Å². The quantitative estimate of drug-likeness (QED) is 0.900. The molecule has 1 heterocycles. The molecule has 0 saturated carbocycles. The Bertz CT molecular complexity index is 616. The summed E-state index contributed by atoms with van der Waals surface area (Å²) in [6.45, 7) is 1.43. The number of nitrogens with zero attached hydrogens (tertiary/aromatic N) is 1. The highest BCUT2D eigenvalue weighted by molar-refractivity contribution is 5.96. The molecule has 0 aliphatic rings. The van der Waals surface area contributed by atoms with Gasteiger partial charge < -0.3 is 10.4 Å². The lowest BCUT2D eigenvalue weighted by Gasteiger charge is -2.14. The Labute approximate surface area is 116 Å². The maximum Gasteiger partial charge on any atom is 0.231 e. The van der Waals surface area contributed by atoms with Crippen molar-refractivity contribution < 1.29 is 14.3 Å². The van der Waals surface area contributed by atoms with Crippen molar-refractivity contribution in [2.45, 2.75) is 19.4 Å². The van der Waals surface area contributed by atoms with Gasteiger partial charge in [0.1, 0.15) is 5.82 Å². The monoisotopic (exact) mass is 274 g/mol. The number of hydrogen-bond acceptors (Lipinski definition) is 3. The summed E-state index contributed by atoms with van der Waals surface area (Å²) in [5.74, 6) is -1.40. The van der Waals surface area contributed by atoms with E-state index in [-0.39, 0.29) is 12.5 Å². The molecule has 0 fully saturated rings. The van der Waals surface area contributed by atoms with Crippen LogP contribution in [0.2, 0.25) is 0 Å². The number of amides is 1. The van der Waals surface area contributed by atoms with Crippen LogP contribution >= 0.6 is 0 Å². The second kappa shape index (κ2) is 6.25. The number of pyridine rings is 1. The van der Waals surface area contributed by atoms with Crippen LogP contribution in [0.5, 0.6) is 0 Å². The molecule has 2 aromatic rings. The molecular formula is C15H15FN2O2. The van der Waals surface area contributed by atoms with E-state index < -0.39 is 11.7 Å². The largest absolute Gasteiger partial charge is 0.392 e. The van der Waals surface area contributed by atoms with E-state index in [0.29, 0.717) is 16.8 Å². The van der Waals surface area contributed by atoms with Gasteiger partial charge in [-0.05, 0) is 24.6 Å². The maximum absolute atomic E-state index is 13.7. The first-order chi connectivity index (χ1) is 9.63. The smallest absolute Gasteiger partial charge is 0.231 e. The van der Waals surface area contributed by atoms with Crippen molar-refractivity contribution in [3.8, 4) is 0 Å². The van der Waals surface area contributed by atoms with Crippen LogP contribution in [0, 0.1) is 5.82 Å². The number of anilines is 1. The van der Waals surface area contributed by atoms with Gasteiger partial charge in [0.2, 0.25) is 5.91 Å². The fraction of sp³-hybridized carbons (Fsp3) is 0.200. The molecule has 4 nitrogen and oxygen atoms in total. The molecule has 1 atom stereocenters. The van der Waals surface area contributed by atoms with Gasteiger partial charge in [0, 0.05) is 11.8 Å². The zero-order chi connectivity index (χ0) is 14.5. The van der Waals surface area contributed by atoms with Crippen LogP contribution in [0.25, 0.3) is 0 Å². The van der Waals surface area contributed by atoms with Crippen LogP contribution < -0.4 is 5.32 Å². The van der Waals surface area contributed by atoms with Crippen LogP contribution in [-0.2, 0) is 11.4 Å². The van der Waals surface area contributed by atoms with Crippen molar-refractivity contribution in [1.82, 2.24) is 4.98 Å². The molecule has 0 bridgehead atoms. The lowest BCUT2D eigenvalue weighted by molar-refractivity contribution is -0.117. The molecule has 5 heteroatoms. The summed E-state index contributed by atoms with van der Waals surface area (Å²) in [6.07, 6.45) is 2.99. The third-order valence-corrected chi connectivity index (χ3v) is 3.10. The summed E-state index contributed by atoms with van der Waals surface area (Å²) in [7, 11) is 0. The number of hydrogen-bond donors (Lipinski definition) is 2. The van der Waals surface area contributed by atoms with Crippen molar-refractivity contribution in [1.29, 1.82) is 0 Å². The van der Waals surface area contributed by atoms with E-state index in [4.69, 9.17) is 0 Å². The molecule has 104 valence electrons. The number of aromatic nitrogens is 1. The molecule has 20 heavy (non-hydrogen) atoms. The highest BCUT2D eigenvalue weighted by Gasteiger charge is 2.19. The van der Waals surface area contributed by atoms with Crippen LogP contribution in [0.3, 0.4) is 0 Å². The topological polar surface area (TPSA) is 62.2 Å². The maximum atomic E-state index is 13.7. The first-order valence-electron chi connectivity index (χ1n) is 6.22. The highest BCUT2D eigenvalue weighted by atomic mass is 19.1. The van der Waals surface area contributed by atoms with Gasteiger partial charge in [-0.1, -0.05) is 18.2 Å². The van der Waals surface area contributed by atoms with E-state index in [1.807, 2.05) is 0 Å². The number of rotatable bonds is 4. The van der Waals surface area contributed by atoms with E-state index in [2.05, 4.69) is 10.3 Å². The Kier molecular flexibility index (Phi) is 4.42. The molecule has 1 aromatic heterocycles. The zero-order valence-corrected chi connectivity index (χ0v) is 11.0. The number of nitrogens with one attached hydrogen (secondary N) is 1. The summed E-state index contributed by atoms with van der Waals surface area (Å²) in [6, 6.07) is 7.78. The Balaban J connectivity index is 2.18. The summed E-state index contributed by atoms with van der Waals surface area (Å²) in [4.78, 5) is 16.0. The summed E-state index contributed by atoms with van der Waals surface area (Å²) >= 11 is 0. The summed E-state index contributed by atoms with van der Waals surface area (Å²) in [5.41, 5.74) is 1.33. The molecule has 1 unspecified atom stereocenters. The Morgan fingerprint density at radius 1 is 1.40 bits per heavy atom. The van der Waals surface area contributed by atoms with Crippen LogP contribution in [0.15, 0.2) is 42.7 Å². The molecule has 0 aliphatic heterocycles. The van der Waals surface area contributed by atoms with Crippen LogP contribution in [0.1, 0.15) is 24.0 Å². The number of carbonyl (C=O) groups is 1. The highest BCUT2D eigenvalue weighted by Crippen LogP contribution is 2.21. The standard InChI is InChI=1S/C15H15FN2O2/c1-10(12-4-2-3-5-13(12)16)15(20)18-14-8-17-7-6-11(14)9-19/h2-8,10,19H,9H2,1H3,(H,18,20). The summed E-state index contributed by atoms with van der Waals surface area (Å²) < 4.78 is 13.7. The number of carbonyl (C=O) groups excluding carboxylic acids is 1. The van der Waals surface area contributed by atoms with Gasteiger partial charge in [-0.2, -0.15) is 0 Å². The predicted molar refractivity (Wildman–Crippen MR) is 73.6 cm³/mol. The lowest BCUT2D eigenvalue weighted by atomic mass is 9.99. The Morgan fingerprint density at radius 2 is 2.15 bits per heavy atom. The van der Waals surface area contributed by atoms with Gasteiger partial charge in [-0.3, -0.25) is 9.78 Å². The second-order valence-electron chi connectivity index (χ2n) is 4.42. The fourth-order valence-electron chi connectivity index (χ4n) is 1.88. The minimum atomic E-state index is -0.636. The lowest BCUT2D eigenvalue weighted by Crippen LogP contribution is -2.20. The van der Waals surface area contributed by atoms with Gasteiger partial charge in [0.15, 0.2) is 0 Å². The SMILES string of the molecule is CC(C(=O)Nc1cnccc1CO)c1ccccc1F. The van der Waals surface area contributed by atoms with Gasteiger partial charge in [-0.15, -0.1) is 0 Å².